The second kappa shape index (κ2) is 7.97. The summed E-state index contributed by atoms with van der Waals surface area (Å²) < 4.78 is 7.25. The summed E-state index contributed by atoms with van der Waals surface area (Å²) in [6.07, 6.45) is 0. The SMILES string of the molecule is Cc1ccc(-c2cc(C(=O)NC(C)c3ccccc3)n(-c3ccccc3Cl)n2)o1. The Labute approximate surface area is 173 Å². The topological polar surface area (TPSA) is 60.1 Å². The van der Waals surface area contributed by atoms with Gasteiger partial charge in [0.05, 0.1) is 16.8 Å². The average Bonchev–Trinajstić information content (AvgIpc) is 3.35. The Hall–Kier alpha value is -3.31. The van der Waals surface area contributed by atoms with Crippen molar-refractivity contribution in [2.24, 2.45) is 0 Å². The molecule has 1 unspecified atom stereocenters. The van der Waals surface area contributed by atoms with Crippen molar-refractivity contribution in [1.82, 2.24) is 15.1 Å². The zero-order valence-corrected chi connectivity index (χ0v) is 16.9. The molecular formula is C23H20ClN3O2. The number of carbonyl (C=O) groups excluding carboxylic acids is 1. The molecule has 5 nitrogen and oxygen atoms in total. The number of nitrogens with zero attached hydrogens (tertiary/aromatic N) is 2. The molecule has 4 rings (SSSR count). The molecule has 2 aromatic carbocycles. The van der Waals surface area contributed by atoms with E-state index in [-0.39, 0.29) is 11.9 Å². The molecule has 1 amide bonds. The lowest BCUT2D eigenvalue weighted by Crippen LogP contribution is -2.28. The first-order valence-corrected chi connectivity index (χ1v) is 9.68. The highest BCUT2D eigenvalue weighted by atomic mass is 35.5. The van der Waals surface area contributed by atoms with Crippen LogP contribution in [0.5, 0.6) is 0 Å². The number of carbonyl (C=O) groups is 1. The smallest absolute Gasteiger partial charge is 0.270 e. The molecule has 0 aliphatic heterocycles. The summed E-state index contributed by atoms with van der Waals surface area (Å²) >= 11 is 6.38. The number of amides is 1. The number of hydrogen-bond donors (Lipinski definition) is 1. The van der Waals surface area contributed by atoms with E-state index in [0.717, 1.165) is 11.3 Å². The summed E-state index contributed by atoms with van der Waals surface area (Å²) in [4.78, 5) is 13.1. The molecule has 146 valence electrons. The molecule has 4 aromatic rings. The normalized spacial score (nSPS) is 12.0. The minimum absolute atomic E-state index is 0.160. The number of furan rings is 1. The molecule has 0 saturated carbocycles. The molecule has 0 fully saturated rings. The number of para-hydroxylation sites is 1. The first kappa shape index (κ1) is 19.0. The van der Waals surface area contributed by atoms with Crippen LogP contribution in [0.1, 0.15) is 34.8 Å². The van der Waals surface area contributed by atoms with Crippen LogP contribution in [0.25, 0.3) is 17.1 Å². The van der Waals surface area contributed by atoms with Gasteiger partial charge in [0, 0.05) is 6.07 Å². The van der Waals surface area contributed by atoms with Crippen molar-refractivity contribution in [2.45, 2.75) is 19.9 Å². The predicted molar refractivity (Wildman–Crippen MR) is 113 cm³/mol. The maximum Gasteiger partial charge on any atom is 0.270 e. The molecule has 0 saturated heterocycles. The first-order chi connectivity index (χ1) is 14.0. The molecule has 0 bridgehead atoms. The molecule has 6 heteroatoms. The van der Waals surface area contributed by atoms with Gasteiger partial charge in [0.25, 0.3) is 5.91 Å². The number of halogens is 1. The lowest BCUT2D eigenvalue weighted by molar-refractivity contribution is 0.0932. The van der Waals surface area contributed by atoms with Crippen LogP contribution in [0.3, 0.4) is 0 Å². The quantitative estimate of drug-likeness (QED) is 0.471. The van der Waals surface area contributed by atoms with E-state index < -0.39 is 0 Å². The number of benzene rings is 2. The van der Waals surface area contributed by atoms with Gasteiger partial charge in [-0.25, -0.2) is 4.68 Å². The summed E-state index contributed by atoms with van der Waals surface area (Å²) in [6.45, 7) is 3.81. The summed E-state index contributed by atoms with van der Waals surface area (Å²) in [5, 5.41) is 8.14. The van der Waals surface area contributed by atoms with Gasteiger partial charge in [-0.1, -0.05) is 54.1 Å². The van der Waals surface area contributed by atoms with Gasteiger partial charge in [-0.3, -0.25) is 4.79 Å². The third-order valence-electron chi connectivity index (χ3n) is 4.66. The van der Waals surface area contributed by atoms with Crippen LogP contribution in [0.15, 0.2) is 77.2 Å². The molecule has 2 heterocycles. The fourth-order valence-corrected chi connectivity index (χ4v) is 3.35. The van der Waals surface area contributed by atoms with E-state index >= 15 is 0 Å². The summed E-state index contributed by atoms with van der Waals surface area (Å²) in [5.41, 5.74) is 2.59. The van der Waals surface area contributed by atoms with Crippen LogP contribution in [0.2, 0.25) is 5.02 Å². The van der Waals surface area contributed by atoms with Gasteiger partial charge in [-0.2, -0.15) is 5.10 Å². The molecule has 0 aliphatic carbocycles. The highest BCUT2D eigenvalue weighted by Crippen LogP contribution is 2.27. The number of nitrogens with one attached hydrogen (secondary N) is 1. The second-order valence-corrected chi connectivity index (χ2v) is 7.20. The zero-order valence-electron chi connectivity index (χ0n) is 16.1. The molecule has 0 spiro atoms. The Bertz CT molecular complexity index is 1150. The Balaban J connectivity index is 1.73. The number of rotatable bonds is 5. The van der Waals surface area contributed by atoms with Gasteiger partial charge in [-0.15, -0.1) is 0 Å². The molecule has 29 heavy (non-hydrogen) atoms. The lowest BCUT2D eigenvalue weighted by Gasteiger charge is -2.15. The summed E-state index contributed by atoms with van der Waals surface area (Å²) in [7, 11) is 0. The van der Waals surface area contributed by atoms with Crippen LogP contribution in [0.4, 0.5) is 0 Å². The maximum atomic E-state index is 13.1. The Kier molecular flexibility index (Phi) is 5.23. The number of aryl methyl sites for hydroxylation is 1. The lowest BCUT2D eigenvalue weighted by atomic mass is 10.1. The van der Waals surface area contributed by atoms with Crippen molar-refractivity contribution in [1.29, 1.82) is 0 Å². The van der Waals surface area contributed by atoms with Crippen LogP contribution in [-0.2, 0) is 0 Å². The van der Waals surface area contributed by atoms with Crippen molar-refractivity contribution in [3.05, 3.63) is 94.8 Å². The van der Waals surface area contributed by atoms with Crippen LogP contribution >= 0.6 is 11.6 Å². The van der Waals surface area contributed by atoms with Crippen molar-refractivity contribution < 1.29 is 9.21 Å². The van der Waals surface area contributed by atoms with Gasteiger partial charge in [0.1, 0.15) is 17.1 Å². The monoisotopic (exact) mass is 405 g/mol. The Morgan fingerprint density at radius 2 is 1.79 bits per heavy atom. The maximum absolute atomic E-state index is 13.1. The van der Waals surface area contributed by atoms with E-state index in [1.807, 2.05) is 74.5 Å². The highest BCUT2D eigenvalue weighted by molar-refractivity contribution is 6.32. The molecular weight excluding hydrogens is 386 g/mol. The predicted octanol–water partition coefficient (Wildman–Crippen LogP) is 5.59. The van der Waals surface area contributed by atoms with Gasteiger partial charge >= 0.3 is 0 Å². The van der Waals surface area contributed by atoms with E-state index in [4.69, 9.17) is 16.0 Å². The van der Waals surface area contributed by atoms with Crippen LogP contribution in [-0.4, -0.2) is 15.7 Å². The molecule has 1 atom stereocenters. The van der Waals surface area contributed by atoms with Crippen LogP contribution < -0.4 is 5.32 Å². The van der Waals surface area contributed by atoms with E-state index in [1.54, 1.807) is 16.8 Å². The molecule has 2 aromatic heterocycles. The van der Waals surface area contributed by atoms with Crippen molar-refractivity contribution in [3.8, 4) is 17.1 Å². The minimum Gasteiger partial charge on any atom is -0.460 e. The Morgan fingerprint density at radius 1 is 1.07 bits per heavy atom. The zero-order chi connectivity index (χ0) is 20.4. The standard InChI is InChI=1S/C23H20ClN3O2/c1-15-12-13-22(29-15)19-14-21(27(26-19)20-11-7-6-10-18(20)24)23(28)25-16(2)17-8-4-3-5-9-17/h3-14,16H,1-2H3,(H,25,28). The number of aromatic nitrogens is 2. The summed E-state index contributed by atoms with van der Waals surface area (Å²) in [6, 6.07) is 22.3. The van der Waals surface area contributed by atoms with Gasteiger partial charge < -0.3 is 9.73 Å². The second-order valence-electron chi connectivity index (χ2n) is 6.79. The van der Waals surface area contributed by atoms with E-state index in [0.29, 0.717) is 27.9 Å². The largest absolute Gasteiger partial charge is 0.460 e. The third kappa shape index (κ3) is 3.96. The van der Waals surface area contributed by atoms with Gasteiger partial charge in [0.2, 0.25) is 0 Å². The summed E-state index contributed by atoms with van der Waals surface area (Å²) in [5.74, 6) is 1.12. The highest BCUT2D eigenvalue weighted by Gasteiger charge is 2.21. The molecule has 0 radical (unpaired) electrons. The minimum atomic E-state index is -0.247. The van der Waals surface area contributed by atoms with Crippen LogP contribution in [0, 0.1) is 6.92 Å². The van der Waals surface area contributed by atoms with Crippen molar-refractivity contribution in [3.63, 3.8) is 0 Å². The van der Waals surface area contributed by atoms with Crippen molar-refractivity contribution in [2.75, 3.05) is 0 Å². The van der Waals surface area contributed by atoms with E-state index in [1.165, 1.54) is 0 Å². The molecule has 0 aliphatic rings. The van der Waals surface area contributed by atoms with Gasteiger partial charge in [0.15, 0.2) is 5.76 Å². The Morgan fingerprint density at radius 3 is 2.48 bits per heavy atom. The fraction of sp³-hybridized carbons (Fsp3) is 0.130. The fourth-order valence-electron chi connectivity index (χ4n) is 3.14. The third-order valence-corrected chi connectivity index (χ3v) is 4.98. The molecule has 1 N–H and O–H groups in total. The average molecular weight is 406 g/mol. The van der Waals surface area contributed by atoms with Gasteiger partial charge in [-0.05, 0) is 43.7 Å². The van der Waals surface area contributed by atoms with Crippen molar-refractivity contribution >= 4 is 17.5 Å². The van der Waals surface area contributed by atoms with E-state index in [9.17, 15) is 4.79 Å². The number of hydrogen-bond acceptors (Lipinski definition) is 3. The first-order valence-electron chi connectivity index (χ1n) is 9.30. The van der Waals surface area contributed by atoms with E-state index in [2.05, 4.69) is 10.4 Å².